The van der Waals surface area contributed by atoms with Crippen molar-refractivity contribution in [3.63, 3.8) is 0 Å². The van der Waals surface area contributed by atoms with Gasteiger partial charge in [0.1, 0.15) is 0 Å². The Bertz CT molecular complexity index is 279. The van der Waals surface area contributed by atoms with E-state index in [1.165, 1.54) is 0 Å². The van der Waals surface area contributed by atoms with Crippen LogP contribution in [0.2, 0.25) is 0 Å². The van der Waals surface area contributed by atoms with Gasteiger partial charge in [-0.2, -0.15) is 0 Å². The van der Waals surface area contributed by atoms with E-state index >= 15 is 0 Å². The molecular formula is C7H6N4+. The van der Waals surface area contributed by atoms with E-state index in [-0.39, 0.29) is 0 Å². The summed E-state index contributed by atoms with van der Waals surface area (Å²) in [5.74, 6) is 0. The lowest BCUT2D eigenvalue weighted by Gasteiger charge is -1.97. The molecule has 1 aromatic carbocycles. The van der Waals surface area contributed by atoms with Crippen LogP contribution in [0.1, 0.15) is 0 Å². The summed E-state index contributed by atoms with van der Waals surface area (Å²) < 4.78 is 0. The molecule has 0 saturated heterocycles. The molecule has 0 saturated carbocycles. The fraction of sp³-hybridized carbons (Fsp3) is 0. The molecule has 53 valence electrons. The average molecular weight is 146 g/mol. The monoisotopic (exact) mass is 146 g/mol. The second-order valence-electron chi connectivity index (χ2n) is 2.09. The molecule has 1 aliphatic rings. The normalized spacial score (nSPS) is 14.4. The Kier molecular flexibility index (Phi) is 1.37. The molecule has 4 nitrogen and oxygen atoms in total. The summed E-state index contributed by atoms with van der Waals surface area (Å²) in [7, 11) is 0. The molecule has 0 unspecified atom stereocenters. The standard InChI is InChI=1S/C7H6N4/c1-2-4-7(5-3-1)11-6-8-9-10-11/h1-6H/q+1. The van der Waals surface area contributed by atoms with Crippen molar-refractivity contribution in [2.75, 3.05) is 5.01 Å². The van der Waals surface area contributed by atoms with Crippen LogP contribution in [0.3, 0.4) is 0 Å². The third kappa shape index (κ3) is 1.10. The van der Waals surface area contributed by atoms with E-state index in [4.69, 9.17) is 0 Å². The minimum Gasteiger partial charge on any atom is -0.0793 e. The Morgan fingerprint density at radius 2 is 2.00 bits per heavy atom. The zero-order valence-corrected chi connectivity index (χ0v) is 5.75. The summed E-state index contributed by atoms with van der Waals surface area (Å²) in [6.07, 6.45) is 1.56. The molecule has 11 heavy (non-hydrogen) atoms. The van der Waals surface area contributed by atoms with E-state index in [1.54, 1.807) is 11.3 Å². The van der Waals surface area contributed by atoms with Crippen molar-refractivity contribution in [1.82, 2.24) is 5.22 Å². The number of rotatable bonds is 1. The van der Waals surface area contributed by atoms with Gasteiger partial charge >= 0.3 is 0 Å². The van der Waals surface area contributed by atoms with E-state index in [9.17, 15) is 0 Å². The van der Waals surface area contributed by atoms with E-state index < -0.39 is 0 Å². The fourth-order valence-corrected chi connectivity index (χ4v) is 0.860. The topological polar surface area (TPSA) is 42.1 Å². The maximum Gasteiger partial charge on any atom is 0.281 e. The molecule has 1 aromatic rings. The Labute approximate surface area is 63.8 Å². The molecule has 0 atom stereocenters. The first kappa shape index (κ1) is 6.03. The van der Waals surface area contributed by atoms with Crippen molar-refractivity contribution in [2.45, 2.75) is 0 Å². The number of benzene rings is 1. The van der Waals surface area contributed by atoms with Crippen LogP contribution in [0.4, 0.5) is 5.69 Å². The molecule has 4 heteroatoms. The summed E-state index contributed by atoms with van der Waals surface area (Å²) in [6, 6.07) is 9.72. The quantitative estimate of drug-likeness (QED) is 0.586. The van der Waals surface area contributed by atoms with E-state index in [0.717, 1.165) is 5.69 Å². The highest BCUT2D eigenvalue weighted by Gasteiger charge is 2.14. The molecule has 1 radical (unpaired) electrons. The maximum absolute atomic E-state index is 3.74. The van der Waals surface area contributed by atoms with Crippen LogP contribution in [-0.2, 0) is 0 Å². The van der Waals surface area contributed by atoms with Gasteiger partial charge < -0.3 is 0 Å². The average Bonchev–Trinajstić information content (AvgIpc) is 2.58. The van der Waals surface area contributed by atoms with Crippen LogP contribution in [0.5, 0.6) is 0 Å². The SMILES string of the molecule is C1=NN=[N+]N1c1ccccc1. The first-order valence-electron chi connectivity index (χ1n) is 3.25. The van der Waals surface area contributed by atoms with E-state index in [2.05, 4.69) is 15.5 Å². The first-order chi connectivity index (χ1) is 5.47. The van der Waals surface area contributed by atoms with Crippen LogP contribution in [-0.4, -0.2) is 6.34 Å². The predicted octanol–water partition coefficient (Wildman–Crippen LogP) is 1.15. The van der Waals surface area contributed by atoms with Gasteiger partial charge in [-0.25, -0.2) is 0 Å². The van der Waals surface area contributed by atoms with E-state index in [1.807, 2.05) is 30.3 Å². The van der Waals surface area contributed by atoms with Gasteiger partial charge in [-0.05, 0) is 12.1 Å². The van der Waals surface area contributed by atoms with Crippen molar-refractivity contribution in [3.8, 4) is 0 Å². The zero-order chi connectivity index (χ0) is 7.52. The highest BCUT2D eigenvalue weighted by Crippen LogP contribution is 2.10. The van der Waals surface area contributed by atoms with Crippen molar-refractivity contribution in [3.05, 3.63) is 30.3 Å². The third-order valence-corrected chi connectivity index (χ3v) is 1.37. The molecule has 1 aliphatic heterocycles. The summed E-state index contributed by atoms with van der Waals surface area (Å²) in [6.45, 7) is 0. The molecule has 1 heterocycles. The van der Waals surface area contributed by atoms with Crippen LogP contribution in [0.15, 0.2) is 40.7 Å². The Morgan fingerprint density at radius 3 is 2.64 bits per heavy atom. The van der Waals surface area contributed by atoms with Gasteiger partial charge in [0.2, 0.25) is 5.22 Å². The number of anilines is 1. The number of hydrogen-bond donors (Lipinski definition) is 0. The Hall–Kier alpha value is -1.71. The van der Waals surface area contributed by atoms with Gasteiger partial charge in [-0.1, -0.05) is 23.2 Å². The highest BCUT2D eigenvalue weighted by atomic mass is 15.7. The number of hydrogen-bond acceptors (Lipinski definition) is 4. The molecule has 0 spiro atoms. The van der Waals surface area contributed by atoms with Crippen molar-refractivity contribution in [1.29, 1.82) is 0 Å². The maximum atomic E-state index is 3.74. The van der Waals surface area contributed by atoms with Gasteiger partial charge in [0.25, 0.3) is 6.34 Å². The lowest BCUT2D eigenvalue weighted by molar-refractivity contribution is 0.892. The molecule has 0 amide bonds. The second kappa shape index (κ2) is 2.49. The highest BCUT2D eigenvalue weighted by molar-refractivity contribution is 5.77. The number of para-hydroxylation sites is 1. The smallest absolute Gasteiger partial charge is 0.0793 e. The lowest BCUT2D eigenvalue weighted by Crippen LogP contribution is -2.18. The molecule has 0 aromatic heterocycles. The van der Waals surface area contributed by atoms with Crippen molar-refractivity contribution in [2.24, 2.45) is 10.3 Å². The molecule has 2 rings (SSSR count). The van der Waals surface area contributed by atoms with Crippen LogP contribution < -0.4 is 10.2 Å². The summed E-state index contributed by atoms with van der Waals surface area (Å²) in [5.41, 5.74) is 0.970. The molecule has 0 bridgehead atoms. The van der Waals surface area contributed by atoms with Crippen LogP contribution in [0, 0.1) is 0 Å². The summed E-state index contributed by atoms with van der Waals surface area (Å²) in [5, 5.41) is 12.4. The summed E-state index contributed by atoms with van der Waals surface area (Å²) in [4.78, 5) is 0. The second-order valence-corrected chi connectivity index (χ2v) is 2.09. The molecular weight excluding hydrogens is 140 g/mol. The molecule has 0 N–H and O–H groups in total. The number of nitrogens with zero attached hydrogens (tertiary/aromatic N) is 4. The Morgan fingerprint density at radius 1 is 1.18 bits per heavy atom. The van der Waals surface area contributed by atoms with Crippen molar-refractivity contribution < 1.29 is 0 Å². The fourth-order valence-electron chi connectivity index (χ4n) is 0.860. The third-order valence-electron chi connectivity index (χ3n) is 1.37. The van der Waals surface area contributed by atoms with Gasteiger partial charge in [0, 0.05) is 0 Å². The minimum atomic E-state index is 0.970. The van der Waals surface area contributed by atoms with Gasteiger partial charge in [-0.3, -0.25) is 0 Å². The first-order valence-corrected chi connectivity index (χ1v) is 3.25. The Balaban J connectivity index is 2.30. The zero-order valence-electron chi connectivity index (χ0n) is 5.75. The van der Waals surface area contributed by atoms with E-state index in [0.29, 0.717) is 0 Å². The van der Waals surface area contributed by atoms with Gasteiger partial charge in [0.05, 0.1) is 10.8 Å². The molecule has 0 fully saturated rings. The molecule has 0 aliphatic carbocycles. The summed E-state index contributed by atoms with van der Waals surface area (Å²) >= 11 is 0. The predicted molar refractivity (Wildman–Crippen MR) is 42.0 cm³/mol. The largest absolute Gasteiger partial charge is 0.281 e. The lowest BCUT2D eigenvalue weighted by atomic mass is 10.3. The van der Waals surface area contributed by atoms with Gasteiger partial charge in [0.15, 0.2) is 5.22 Å². The minimum absolute atomic E-state index is 0.970. The van der Waals surface area contributed by atoms with Gasteiger partial charge in [-0.15, -0.1) is 0 Å². The van der Waals surface area contributed by atoms with Crippen LogP contribution >= 0.6 is 0 Å². The van der Waals surface area contributed by atoms with Crippen molar-refractivity contribution >= 4 is 12.0 Å². The van der Waals surface area contributed by atoms with Crippen LogP contribution in [0.25, 0.3) is 0 Å².